The van der Waals surface area contributed by atoms with Gasteiger partial charge in [-0.15, -0.1) is 0 Å². The molecule has 0 aromatic carbocycles. The van der Waals surface area contributed by atoms with Crippen LogP contribution in [0.4, 0.5) is 0 Å². The average molecular weight is 204 g/mol. The Balaban J connectivity index is 3.59. The molecule has 0 aromatic heterocycles. The Kier molecular flexibility index (Phi) is 6.70. The fourth-order valence-corrected chi connectivity index (χ4v) is 0.816. The Morgan fingerprint density at radius 2 is 1.93 bits per heavy atom. The number of carbonyl (C=O) groups excluding carboxylic acids is 1. The zero-order valence-electron chi connectivity index (χ0n) is 9.41. The molecular weight excluding hydrogens is 184 g/mol. The lowest BCUT2D eigenvalue weighted by atomic mass is 9.90. The van der Waals surface area contributed by atoms with E-state index in [2.05, 4.69) is 0 Å². The summed E-state index contributed by atoms with van der Waals surface area (Å²) in [5.74, 6) is 0. The van der Waals surface area contributed by atoms with Crippen LogP contribution in [-0.2, 0) is 19.0 Å². The Morgan fingerprint density at radius 3 is 2.36 bits per heavy atom. The molecule has 1 unspecified atom stereocenters. The highest BCUT2D eigenvalue weighted by molar-refractivity contribution is 5.57. The van der Waals surface area contributed by atoms with Gasteiger partial charge in [0.2, 0.25) is 0 Å². The summed E-state index contributed by atoms with van der Waals surface area (Å²) in [6.45, 7) is 6.98. The second-order valence-corrected chi connectivity index (χ2v) is 4.11. The van der Waals surface area contributed by atoms with Gasteiger partial charge in [-0.2, -0.15) is 0 Å². The van der Waals surface area contributed by atoms with E-state index in [1.165, 1.54) is 0 Å². The zero-order chi connectivity index (χ0) is 11.0. The van der Waals surface area contributed by atoms with Crippen molar-refractivity contribution < 1.29 is 19.0 Å². The van der Waals surface area contributed by atoms with Crippen LogP contribution in [0, 0.1) is 5.41 Å². The van der Waals surface area contributed by atoms with Gasteiger partial charge in [-0.3, -0.25) is 0 Å². The first-order valence-electron chi connectivity index (χ1n) is 4.66. The van der Waals surface area contributed by atoms with Gasteiger partial charge in [-0.05, 0) is 5.41 Å². The largest absolute Gasteiger partial charge is 0.382 e. The highest BCUT2D eigenvalue weighted by atomic mass is 16.7. The van der Waals surface area contributed by atoms with Crippen LogP contribution in [0.15, 0.2) is 0 Å². The van der Waals surface area contributed by atoms with Gasteiger partial charge in [-0.25, -0.2) is 0 Å². The van der Waals surface area contributed by atoms with E-state index in [0.29, 0.717) is 13.2 Å². The molecule has 0 saturated carbocycles. The SMILES string of the molecule is COCCOCOC(C=O)C(C)(C)C. The predicted molar refractivity (Wildman–Crippen MR) is 53.1 cm³/mol. The molecule has 0 heterocycles. The van der Waals surface area contributed by atoms with Gasteiger partial charge in [0.05, 0.1) is 13.2 Å². The van der Waals surface area contributed by atoms with Crippen molar-refractivity contribution in [3.63, 3.8) is 0 Å². The van der Waals surface area contributed by atoms with Gasteiger partial charge in [0.15, 0.2) is 0 Å². The summed E-state index contributed by atoms with van der Waals surface area (Å²) in [5.41, 5.74) is -0.188. The molecule has 0 aliphatic carbocycles. The molecule has 0 aromatic rings. The Hall–Kier alpha value is -0.450. The maximum Gasteiger partial charge on any atom is 0.149 e. The molecule has 0 bridgehead atoms. The van der Waals surface area contributed by atoms with E-state index < -0.39 is 6.10 Å². The fourth-order valence-electron chi connectivity index (χ4n) is 0.816. The summed E-state index contributed by atoms with van der Waals surface area (Å²) < 4.78 is 15.1. The monoisotopic (exact) mass is 204 g/mol. The van der Waals surface area contributed by atoms with E-state index in [1.807, 2.05) is 20.8 Å². The first-order chi connectivity index (χ1) is 6.52. The van der Waals surface area contributed by atoms with E-state index in [4.69, 9.17) is 14.2 Å². The second-order valence-electron chi connectivity index (χ2n) is 4.11. The molecule has 4 heteroatoms. The van der Waals surface area contributed by atoms with Gasteiger partial charge in [0, 0.05) is 7.11 Å². The first-order valence-corrected chi connectivity index (χ1v) is 4.66. The summed E-state index contributed by atoms with van der Waals surface area (Å²) >= 11 is 0. The maximum absolute atomic E-state index is 10.7. The van der Waals surface area contributed by atoms with Gasteiger partial charge < -0.3 is 19.0 Å². The van der Waals surface area contributed by atoms with Crippen molar-refractivity contribution in [2.45, 2.75) is 26.9 Å². The number of ether oxygens (including phenoxy) is 3. The van der Waals surface area contributed by atoms with Crippen LogP contribution in [-0.4, -0.2) is 39.5 Å². The minimum atomic E-state index is -0.426. The van der Waals surface area contributed by atoms with Crippen molar-refractivity contribution in [2.75, 3.05) is 27.1 Å². The maximum atomic E-state index is 10.7. The molecule has 0 aliphatic heterocycles. The molecule has 0 radical (unpaired) electrons. The molecule has 14 heavy (non-hydrogen) atoms. The van der Waals surface area contributed by atoms with Crippen molar-refractivity contribution >= 4 is 6.29 Å². The Morgan fingerprint density at radius 1 is 1.29 bits per heavy atom. The summed E-state index contributed by atoms with van der Waals surface area (Å²) in [7, 11) is 1.60. The summed E-state index contributed by atoms with van der Waals surface area (Å²) in [4.78, 5) is 10.7. The van der Waals surface area contributed by atoms with Crippen LogP contribution in [0.3, 0.4) is 0 Å². The average Bonchev–Trinajstić information content (AvgIpc) is 2.09. The highest BCUT2D eigenvalue weighted by Gasteiger charge is 2.24. The summed E-state index contributed by atoms with van der Waals surface area (Å²) in [6, 6.07) is 0. The van der Waals surface area contributed by atoms with Gasteiger partial charge in [-0.1, -0.05) is 20.8 Å². The van der Waals surface area contributed by atoms with Crippen molar-refractivity contribution in [3.8, 4) is 0 Å². The van der Waals surface area contributed by atoms with E-state index in [-0.39, 0.29) is 12.2 Å². The Bertz CT molecular complexity index is 151. The van der Waals surface area contributed by atoms with Crippen molar-refractivity contribution in [3.05, 3.63) is 0 Å². The predicted octanol–water partition coefficient (Wildman–Crippen LogP) is 1.24. The van der Waals surface area contributed by atoms with Gasteiger partial charge in [0.25, 0.3) is 0 Å². The smallest absolute Gasteiger partial charge is 0.149 e. The molecule has 4 nitrogen and oxygen atoms in total. The van der Waals surface area contributed by atoms with Crippen LogP contribution in [0.5, 0.6) is 0 Å². The molecule has 0 aliphatic rings. The lowest BCUT2D eigenvalue weighted by molar-refractivity contribution is -0.145. The van der Waals surface area contributed by atoms with Crippen molar-refractivity contribution in [1.29, 1.82) is 0 Å². The van der Waals surface area contributed by atoms with Crippen molar-refractivity contribution in [2.24, 2.45) is 5.41 Å². The molecule has 1 atom stereocenters. The van der Waals surface area contributed by atoms with E-state index in [9.17, 15) is 4.79 Å². The van der Waals surface area contributed by atoms with E-state index >= 15 is 0 Å². The van der Waals surface area contributed by atoms with E-state index in [0.717, 1.165) is 6.29 Å². The van der Waals surface area contributed by atoms with Crippen LogP contribution < -0.4 is 0 Å². The van der Waals surface area contributed by atoms with Crippen LogP contribution >= 0.6 is 0 Å². The molecule has 0 saturated heterocycles. The molecule has 0 rings (SSSR count). The topological polar surface area (TPSA) is 44.8 Å². The van der Waals surface area contributed by atoms with Crippen LogP contribution in [0.2, 0.25) is 0 Å². The minimum absolute atomic E-state index is 0.129. The fraction of sp³-hybridized carbons (Fsp3) is 0.900. The lowest BCUT2D eigenvalue weighted by Gasteiger charge is -2.25. The first kappa shape index (κ1) is 13.5. The molecule has 0 N–H and O–H groups in total. The summed E-state index contributed by atoms with van der Waals surface area (Å²) in [6.07, 6.45) is 0.379. The highest BCUT2D eigenvalue weighted by Crippen LogP contribution is 2.20. The number of hydrogen-bond donors (Lipinski definition) is 0. The Labute approximate surface area is 85.5 Å². The third-order valence-corrected chi connectivity index (χ3v) is 1.74. The summed E-state index contributed by atoms with van der Waals surface area (Å²) in [5, 5.41) is 0. The molecule has 0 fully saturated rings. The molecule has 84 valence electrons. The zero-order valence-corrected chi connectivity index (χ0v) is 9.41. The van der Waals surface area contributed by atoms with Crippen molar-refractivity contribution in [1.82, 2.24) is 0 Å². The third kappa shape index (κ3) is 6.07. The van der Waals surface area contributed by atoms with E-state index in [1.54, 1.807) is 7.11 Å². The second kappa shape index (κ2) is 6.92. The van der Waals surface area contributed by atoms with Crippen LogP contribution in [0.1, 0.15) is 20.8 Å². The van der Waals surface area contributed by atoms with Gasteiger partial charge >= 0.3 is 0 Å². The molecule has 0 amide bonds. The number of carbonyl (C=O) groups is 1. The normalized spacial score (nSPS) is 14.0. The number of hydrogen-bond acceptors (Lipinski definition) is 4. The number of methoxy groups -OCH3 is 1. The number of aldehydes is 1. The lowest BCUT2D eigenvalue weighted by Crippen LogP contribution is -2.31. The minimum Gasteiger partial charge on any atom is -0.382 e. The quantitative estimate of drug-likeness (QED) is 0.355. The molecule has 0 spiro atoms. The molecular formula is C10H20O4. The van der Waals surface area contributed by atoms with Gasteiger partial charge in [0.1, 0.15) is 19.2 Å². The standard InChI is InChI=1S/C10H20O4/c1-10(2,3)9(7-11)14-8-13-6-5-12-4/h7,9H,5-6,8H2,1-4H3. The number of rotatable bonds is 7. The third-order valence-electron chi connectivity index (χ3n) is 1.74. The van der Waals surface area contributed by atoms with Crippen LogP contribution in [0.25, 0.3) is 0 Å².